The van der Waals surface area contributed by atoms with E-state index in [0.717, 1.165) is 10.4 Å². The number of fused-ring (bicyclic) bond motifs is 1. The fraction of sp³-hybridized carbons (Fsp3) is 0.444. The van der Waals surface area contributed by atoms with E-state index >= 15 is 0 Å². The Balaban J connectivity index is 1.77. The molecule has 29 heavy (non-hydrogen) atoms. The van der Waals surface area contributed by atoms with Gasteiger partial charge in [-0.3, -0.25) is 9.36 Å². The number of rotatable bonds is 5. The fourth-order valence-corrected chi connectivity index (χ4v) is 4.15. The minimum absolute atomic E-state index is 0.391. The van der Waals surface area contributed by atoms with Gasteiger partial charge in [0.05, 0.1) is 11.2 Å². The van der Waals surface area contributed by atoms with Crippen molar-refractivity contribution in [2.75, 3.05) is 18.9 Å². The van der Waals surface area contributed by atoms with Crippen LogP contribution < -0.4 is 10.6 Å². The van der Waals surface area contributed by atoms with E-state index in [2.05, 4.69) is 25.6 Å². The zero-order chi connectivity index (χ0) is 20.7. The maximum Gasteiger partial charge on any atom is 0.252 e. The van der Waals surface area contributed by atoms with E-state index in [1.165, 1.54) is 22.2 Å². The first-order chi connectivity index (χ1) is 13.9. The van der Waals surface area contributed by atoms with E-state index < -0.39 is 30.4 Å². The maximum atomic E-state index is 12.2. The molecule has 1 aliphatic heterocycles. The summed E-state index contributed by atoms with van der Waals surface area (Å²) in [5.74, 6) is 0.560. The van der Waals surface area contributed by atoms with Gasteiger partial charge in [-0.25, -0.2) is 15.0 Å². The number of carbonyl (C=O) groups excluding carboxylic acids is 1. The number of ether oxygens (including phenoxy) is 1. The molecular formula is C18H22N6O4S. The summed E-state index contributed by atoms with van der Waals surface area (Å²) in [6, 6.07) is 1.99. The standard InChI is InChI=1S/C18H22N6O4S/c1-4-20-17(27)13-11(25)12(26)18(28-13)24-7-21-10-15(19-3)22-14(23-16(10)24)9-5-8(2)6-29-9/h5-7,11-13,18,25-26H,4H2,1-3H3,(H,20,27)(H,19,22,23). The Bertz CT molecular complexity index is 1050. The van der Waals surface area contributed by atoms with Gasteiger partial charge in [-0.05, 0) is 30.9 Å². The molecule has 0 aliphatic carbocycles. The summed E-state index contributed by atoms with van der Waals surface area (Å²) in [5.41, 5.74) is 2.03. The number of hydrogen-bond donors (Lipinski definition) is 4. The van der Waals surface area contributed by atoms with Crippen molar-refractivity contribution in [1.82, 2.24) is 24.8 Å². The molecule has 0 saturated carbocycles. The normalized spacial score (nSPS) is 24.2. The monoisotopic (exact) mass is 418 g/mol. The van der Waals surface area contributed by atoms with Crippen molar-refractivity contribution < 1.29 is 19.7 Å². The topological polar surface area (TPSA) is 134 Å². The number of aryl methyl sites for hydroxylation is 1. The lowest BCUT2D eigenvalue weighted by Crippen LogP contribution is -2.42. The Hall–Kier alpha value is -2.60. The zero-order valence-electron chi connectivity index (χ0n) is 16.2. The summed E-state index contributed by atoms with van der Waals surface area (Å²) in [4.78, 5) is 26.6. The summed E-state index contributed by atoms with van der Waals surface area (Å²) in [5, 5.41) is 28.5. The second kappa shape index (κ2) is 7.67. The second-order valence-electron chi connectivity index (χ2n) is 6.78. The van der Waals surface area contributed by atoms with Crippen molar-refractivity contribution in [2.24, 2.45) is 0 Å². The molecular weight excluding hydrogens is 396 g/mol. The molecule has 0 bridgehead atoms. The average Bonchev–Trinajstić information content (AvgIpc) is 3.40. The van der Waals surface area contributed by atoms with E-state index in [9.17, 15) is 15.0 Å². The lowest BCUT2D eigenvalue weighted by molar-refractivity contribution is -0.137. The molecule has 1 fully saturated rings. The highest BCUT2D eigenvalue weighted by Gasteiger charge is 2.47. The molecule has 3 aromatic heterocycles. The highest BCUT2D eigenvalue weighted by atomic mass is 32.1. The number of anilines is 1. The zero-order valence-corrected chi connectivity index (χ0v) is 17.0. The number of likely N-dealkylation sites (N-methyl/N-ethyl adjacent to an activating group) is 1. The molecule has 4 heterocycles. The van der Waals surface area contributed by atoms with Crippen LogP contribution in [0.1, 0.15) is 18.7 Å². The van der Waals surface area contributed by atoms with Crippen LogP contribution >= 0.6 is 11.3 Å². The van der Waals surface area contributed by atoms with Crippen LogP contribution in [-0.2, 0) is 9.53 Å². The summed E-state index contributed by atoms with van der Waals surface area (Å²) < 4.78 is 7.23. The van der Waals surface area contributed by atoms with Crippen molar-refractivity contribution in [3.63, 3.8) is 0 Å². The van der Waals surface area contributed by atoms with E-state index in [-0.39, 0.29) is 0 Å². The number of aliphatic hydroxyl groups is 2. The number of amides is 1. The molecule has 3 aromatic rings. The SMILES string of the molecule is CCNC(=O)C1OC(n2cnc3c(NC)nc(-c4cc(C)cs4)nc32)C(O)C1O. The molecule has 4 unspecified atom stereocenters. The van der Waals surface area contributed by atoms with Gasteiger partial charge in [-0.1, -0.05) is 0 Å². The molecule has 0 aromatic carbocycles. The van der Waals surface area contributed by atoms with Gasteiger partial charge < -0.3 is 25.6 Å². The number of imidazole rings is 1. The summed E-state index contributed by atoms with van der Waals surface area (Å²) in [6.45, 7) is 4.15. The van der Waals surface area contributed by atoms with Crippen LogP contribution in [0, 0.1) is 6.92 Å². The number of nitrogens with one attached hydrogen (secondary N) is 2. The van der Waals surface area contributed by atoms with Gasteiger partial charge in [-0.15, -0.1) is 11.3 Å². The van der Waals surface area contributed by atoms with E-state index in [1.807, 2.05) is 18.4 Å². The first-order valence-electron chi connectivity index (χ1n) is 9.21. The molecule has 1 amide bonds. The highest BCUT2D eigenvalue weighted by molar-refractivity contribution is 7.13. The first kappa shape index (κ1) is 19.7. The number of aliphatic hydroxyl groups excluding tert-OH is 2. The predicted octanol–water partition coefficient (Wildman–Crippen LogP) is 0.660. The minimum Gasteiger partial charge on any atom is -0.387 e. The van der Waals surface area contributed by atoms with Gasteiger partial charge in [0.15, 0.2) is 35.1 Å². The fourth-order valence-electron chi connectivity index (χ4n) is 3.32. The van der Waals surface area contributed by atoms with Crippen LogP contribution in [0.25, 0.3) is 21.9 Å². The third-order valence-corrected chi connectivity index (χ3v) is 5.78. The number of carbonyl (C=O) groups is 1. The Morgan fingerprint density at radius 1 is 1.34 bits per heavy atom. The Morgan fingerprint density at radius 3 is 2.79 bits per heavy atom. The third kappa shape index (κ3) is 3.35. The van der Waals surface area contributed by atoms with E-state index in [0.29, 0.717) is 29.4 Å². The predicted molar refractivity (Wildman–Crippen MR) is 108 cm³/mol. The largest absolute Gasteiger partial charge is 0.387 e. The summed E-state index contributed by atoms with van der Waals surface area (Å²) >= 11 is 1.53. The Morgan fingerprint density at radius 2 is 2.14 bits per heavy atom. The number of aromatic nitrogens is 4. The van der Waals surface area contributed by atoms with Crippen molar-refractivity contribution in [3.05, 3.63) is 23.3 Å². The molecule has 10 nitrogen and oxygen atoms in total. The number of thiophene rings is 1. The van der Waals surface area contributed by atoms with Gasteiger partial charge >= 0.3 is 0 Å². The van der Waals surface area contributed by atoms with Crippen LogP contribution in [0.2, 0.25) is 0 Å². The van der Waals surface area contributed by atoms with Gasteiger partial charge in [0, 0.05) is 13.6 Å². The minimum atomic E-state index is -1.37. The summed E-state index contributed by atoms with van der Waals surface area (Å²) in [6.07, 6.45) is -3.42. The molecule has 0 spiro atoms. The van der Waals surface area contributed by atoms with Crippen LogP contribution in [0.4, 0.5) is 5.82 Å². The molecule has 154 valence electrons. The molecule has 1 aliphatic rings. The lowest BCUT2D eigenvalue weighted by atomic mass is 10.1. The van der Waals surface area contributed by atoms with Crippen molar-refractivity contribution >= 4 is 34.2 Å². The van der Waals surface area contributed by atoms with Crippen molar-refractivity contribution in [3.8, 4) is 10.7 Å². The van der Waals surface area contributed by atoms with Crippen molar-refractivity contribution in [2.45, 2.75) is 38.4 Å². The second-order valence-corrected chi connectivity index (χ2v) is 7.69. The smallest absolute Gasteiger partial charge is 0.252 e. The maximum absolute atomic E-state index is 12.2. The quantitative estimate of drug-likeness (QED) is 0.475. The van der Waals surface area contributed by atoms with Gasteiger partial charge in [0.2, 0.25) is 0 Å². The highest BCUT2D eigenvalue weighted by Crippen LogP contribution is 2.34. The molecule has 4 atom stereocenters. The van der Waals surface area contributed by atoms with Gasteiger partial charge in [0.25, 0.3) is 5.91 Å². The summed E-state index contributed by atoms with van der Waals surface area (Å²) in [7, 11) is 1.74. The first-order valence-corrected chi connectivity index (χ1v) is 10.1. The molecule has 1 saturated heterocycles. The lowest BCUT2D eigenvalue weighted by Gasteiger charge is -2.16. The Kier molecular flexibility index (Phi) is 5.21. The van der Waals surface area contributed by atoms with E-state index in [4.69, 9.17) is 4.74 Å². The van der Waals surface area contributed by atoms with Crippen LogP contribution in [0.5, 0.6) is 0 Å². The third-order valence-electron chi connectivity index (χ3n) is 4.73. The Labute approximate surface area is 170 Å². The van der Waals surface area contributed by atoms with Crippen LogP contribution in [0.15, 0.2) is 17.8 Å². The molecule has 11 heteroatoms. The molecule has 4 N–H and O–H groups in total. The number of hydrogen-bond acceptors (Lipinski definition) is 9. The number of nitrogens with zero attached hydrogens (tertiary/aromatic N) is 4. The van der Waals surface area contributed by atoms with Gasteiger partial charge in [-0.2, -0.15) is 0 Å². The van der Waals surface area contributed by atoms with E-state index in [1.54, 1.807) is 14.0 Å². The molecule has 4 rings (SSSR count). The average molecular weight is 418 g/mol. The molecule has 0 radical (unpaired) electrons. The van der Waals surface area contributed by atoms with Crippen molar-refractivity contribution in [1.29, 1.82) is 0 Å². The van der Waals surface area contributed by atoms with Crippen LogP contribution in [0.3, 0.4) is 0 Å². The van der Waals surface area contributed by atoms with Crippen LogP contribution in [-0.4, -0.2) is 67.5 Å². The van der Waals surface area contributed by atoms with Gasteiger partial charge in [0.1, 0.15) is 12.2 Å².